The van der Waals surface area contributed by atoms with Gasteiger partial charge >= 0.3 is 0 Å². The normalized spacial score (nSPS) is 13.7. The van der Waals surface area contributed by atoms with Gasteiger partial charge in [-0.25, -0.2) is 0 Å². The summed E-state index contributed by atoms with van der Waals surface area (Å²) in [6, 6.07) is 1.94. The summed E-state index contributed by atoms with van der Waals surface area (Å²) in [5, 5.41) is 8.66. The summed E-state index contributed by atoms with van der Waals surface area (Å²) >= 11 is 0. The number of amides is 1. The average Bonchev–Trinajstić information content (AvgIpc) is 3.27. The van der Waals surface area contributed by atoms with Crippen LogP contribution in [0.15, 0.2) is 16.8 Å². The zero-order valence-corrected chi connectivity index (χ0v) is 16.0. The largest absolute Gasteiger partial charge is 0.338 e. The van der Waals surface area contributed by atoms with Crippen LogP contribution in [-0.4, -0.2) is 42.3 Å². The van der Waals surface area contributed by atoms with E-state index in [4.69, 9.17) is 4.52 Å². The second kappa shape index (κ2) is 6.61. The Bertz CT molecular complexity index is 1020. The van der Waals surface area contributed by atoms with Gasteiger partial charge in [0.05, 0.1) is 5.69 Å². The zero-order chi connectivity index (χ0) is 19.1. The van der Waals surface area contributed by atoms with Crippen molar-refractivity contribution in [3.63, 3.8) is 0 Å². The Morgan fingerprint density at radius 1 is 1.33 bits per heavy atom. The molecule has 1 amide bonds. The molecule has 140 valence electrons. The van der Waals surface area contributed by atoms with Crippen molar-refractivity contribution in [1.29, 1.82) is 0 Å². The van der Waals surface area contributed by atoms with Crippen molar-refractivity contribution in [2.24, 2.45) is 0 Å². The number of fused-ring (bicyclic) bond motifs is 1. The summed E-state index contributed by atoms with van der Waals surface area (Å²) in [4.78, 5) is 22.7. The molecule has 27 heavy (non-hydrogen) atoms. The van der Waals surface area contributed by atoms with Crippen LogP contribution in [0.5, 0.6) is 0 Å². The van der Waals surface area contributed by atoms with Crippen molar-refractivity contribution in [2.45, 2.75) is 47.2 Å². The molecule has 0 saturated carbocycles. The van der Waals surface area contributed by atoms with Gasteiger partial charge in [-0.1, -0.05) is 5.16 Å². The Balaban J connectivity index is 1.76. The molecule has 1 aliphatic rings. The van der Waals surface area contributed by atoms with Crippen LogP contribution in [0.1, 0.15) is 36.4 Å². The van der Waals surface area contributed by atoms with E-state index in [1.807, 2.05) is 42.6 Å². The molecule has 4 rings (SSSR count). The number of hydrogen-bond donors (Lipinski definition) is 0. The van der Waals surface area contributed by atoms with E-state index in [1.165, 1.54) is 0 Å². The zero-order valence-electron chi connectivity index (χ0n) is 16.0. The first-order valence-electron chi connectivity index (χ1n) is 9.09. The highest BCUT2D eigenvalue weighted by Gasteiger charge is 2.25. The van der Waals surface area contributed by atoms with E-state index in [0.29, 0.717) is 24.8 Å². The Hall–Kier alpha value is -3.03. The SMILES string of the molecule is CCn1nc(C)cc1-c1nc(-c2c(C)ncc3c2CCN(C(C)=O)C3)no1. The van der Waals surface area contributed by atoms with Gasteiger partial charge < -0.3 is 9.42 Å². The van der Waals surface area contributed by atoms with E-state index >= 15 is 0 Å². The molecule has 3 aromatic heterocycles. The average molecular weight is 366 g/mol. The lowest BCUT2D eigenvalue weighted by atomic mass is 9.94. The molecule has 0 aliphatic carbocycles. The smallest absolute Gasteiger partial charge is 0.276 e. The predicted octanol–water partition coefficient (Wildman–Crippen LogP) is 2.54. The molecule has 3 aromatic rings. The van der Waals surface area contributed by atoms with Gasteiger partial charge in [0.1, 0.15) is 5.69 Å². The van der Waals surface area contributed by atoms with Crippen LogP contribution in [-0.2, 0) is 24.3 Å². The molecule has 0 atom stereocenters. The summed E-state index contributed by atoms with van der Waals surface area (Å²) in [5.41, 5.74) is 5.67. The third-order valence-corrected chi connectivity index (χ3v) is 4.97. The van der Waals surface area contributed by atoms with E-state index in [9.17, 15) is 4.79 Å². The molecule has 4 heterocycles. The Morgan fingerprint density at radius 2 is 2.15 bits per heavy atom. The van der Waals surface area contributed by atoms with Gasteiger partial charge in [-0.2, -0.15) is 10.1 Å². The van der Waals surface area contributed by atoms with E-state index in [0.717, 1.165) is 46.7 Å². The quantitative estimate of drug-likeness (QED) is 0.707. The Labute approximate surface area is 157 Å². The molecule has 1 aliphatic heterocycles. The molecule has 8 heteroatoms. The maximum Gasteiger partial charge on any atom is 0.276 e. The fourth-order valence-corrected chi connectivity index (χ4v) is 3.60. The molecule has 0 saturated heterocycles. The Kier molecular flexibility index (Phi) is 4.25. The predicted molar refractivity (Wildman–Crippen MR) is 98.7 cm³/mol. The van der Waals surface area contributed by atoms with E-state index in [2.05, 4.69) is 20.2 Å². The topological polar surface area (TPSA) is 89.9 Å². The van der Waals surface area contributed by atoms with Crippen molar-refractivity contribution in [2.75, 3.05) is 6.54 Å². The fraction of sp³-hybridized carbons (Fsp3) is 0.421. The molecular formula is C19H22N6O2. The first-order chi connectivity index (χ1) is 13.0. The van der Waals surface area contributed by atoms with Gasteiger partial charge in [0.15, 0.2) is 0 Å². The van der Waals surface area contributed by atoms with Crippen LogP contribution in [0.25, 0.3) is 23.0 Å². The van der Waals surface area contributed by atoms with Crippen molar-refractivity contribution < 1.29 is 9.32 Å². The lowest BCUT2D eigenvalue weighted by Gasteiger charge is -2.29. The van der Waals surface area contributed by atoms with Gasteiger partial charge in [0.25, 0.3) is 5.89 Å². The number of aryl methyl sites for hydroxylation is 3. The maximum atomic E-state index is 11.7. The highest BCUT2D eigenvalue weighted by Crippen LogP contribution is 2.32. The minimum Gasteiger partial charge on any atom is -0.338 e. The third-order valence-electron chi connectivity index (χ3n) is 4.97. The van der Waals surface area contributed by atoms with Gasteiger partial charge in [-0.3, -0.25) is 14.5 Å². The number of hydrogen-bond acceptors (Lipinski definition) is 6. The molecule has 0 aromatic carbocycles. The molecule has 8 nitrogen and oxygen atoms in total. The van der Waals surface area contributed by atoms with Gasteiger partial charge in [-0.05, 0) is 44.4 Å². The maximum absolute atomic E-state index is 11.7. The lowest BCUT2D eigenvalue weighted by Crippen LogP contribution is -2.34. The fourth-order valence-electron chi connectivity index (χ4n) is 3.60. The van der Waals surface area contributed by atoms with E-state index in [1.54, 1.807) is 6.92 Å². The lowest BCUT2D eigenvalue weighted by molar-refractivity contribution is -0.129. The van der Waals surface area contributed by atoms with Gasteiger partial charge in [0.2, 0.25) is 11.7 Å². The monoisotopic (exact) mass is 366 g/mol. The molecule has 0 bridgehead atoms. The number of nitrogens with zero attached hydrogens (tertiary/aromatic N) is 6. The van der Waals surface area contributed by atoms with Crippen molar-refractivity contribution in [3.8, 4) is 23.0 Å². The second-order valence-corrected chi connectivity index (χ2v) is 6.82. The van der Waals surface area contributed by atoms with Crippen molar-refractivity contribution in [1.82, 2.24) is 29.8 Å². The van der Waals surface area contributed by atoms with Crippen LogP contribution in [0.4, 0.5) is 0 Å². The summed E-state index contributed by atoms with van der Waals surface area (Å²) in [5.74, 6) is 1.06. The molecule has 0 spiro atoms. The minimum absolute atomic E-state index is 0.0767. The standard InChI is InChI=1S/C19H22N6O2/c1-5-25-16(8-11(2)22-25)19-21-18(23-27-19)17-12(3)20-9-14-10-24(13(4)26)7-6-15(14)17/h8-9H,5-7,10H2,1-4H3. The minimum atomic E-state index is 0.0767. The molecular weight excluding hydrogens is 344 g/mol. The number of pyridine rings is 1. The van der Waals surface area contributed by atoms with Crippen LogP contribution >= 0.6 is 0 Å². The molecule has 0 fully saturated rings. The first kappa shape index (κ1) is 17.4. The molecule has 0 unspecified atom stereocenters. The first-order valence-corrected chi connectivity index (χ1v) is 9.09. The third kappa shape index (κ3) is 3.01. The highest BCUT2D eigenvalue weighted by atomic mass is 16.5. The summed E-state index contributed by atoms with van der Waals surface area (Å²) < 4.78 is 7.40. The van der Waals surface area contributed by atoms with Crippen molar-refractivity contribution in [3.05, 3.63) is 34.8 Å². The number of carbonyl (C=O) groups excluding carboxylic acids is 1. The van der Waals surface area contributed by atoms with Crippen LogP contribution in [0.2, 0.25) is 0 Å². The van der Waals surface area contributed by atoms with E-state index in [-0.39, 0.29) is 5.91 Å². The second-order valence-electron chi connectivity index (χ2n) is 6.82. The van der Waals surface area contributed by atoms with Gasteiger partial charge in [-0.15, -0.1) is 0 Å². The summed E-state index contributed by atoms with van der Waals surface area (Å²) in [6.07, 6.45) is 2.60. The number of carbonyl (C=O) groups is 1. The number of rotatable bonds is 3. The summed E-state index contributed by atoms with van der Waals surface area (Å²) in [6.45, 7) is 9.48. The molecule has 0 radical (unpaired) electrons. The highest BCUT2D eigenvalue weighted by molar-refractivity contribution is 5.74. The summed E-state index contributed by atoms with van der Waals surface area (Å²) in [7, 11) is 0. The van der Waals surface area contributed by atoms with Crippen LogP contribution in [0.3, 0.4) is 0 Å². The number of aromatic nitrogens is 5. The van der Waals surface area contributed by atoms with Crippen molar-refractivity contribution >= 4 is 5.91 Å². The van der Waals surface area contributed by atoms with Crippen LogP contribution in [0, 0.1) is 13.8 Å². The Morgan fingerprint density at radius 3 is 2.89 bits per heavy atom. The van der Waals surface area contributed by atoms with E-state index < -0.39 is 0 Å². The van der Waals surface area contributed by atoms with Crippen LogP contribution < -0.4 is 0 Å². The molecule has 0 N–H and O–H groups in total. The van der Waals surface area contributed by atoms with Gasteiger partial charge in [0, 0.05) is 44.0 Å².